The number of aryl methyl sites for hydroxylation is 1. The third-order valence-electron chi connectivity index (χ3n) is 2.76. The first-order chi connectivity index (χ1) is 6.81. The average molecular weight is 189 g/mol. The maximum atomic E-state index is 10.9. The summed E-state index contributed by atoms with van der Waals surface area (Å²) in [6.07, 6.45) is 3.44. The molecule has 1 saturated heterocycles. The van der Waals surface area contributed by atoms with Crippen molar-refractivity contribution < 1.29 is 4.79 Å². The van der Waals surface area contributed by atoms with Crippen molar-refractivity contribution >= 4 is 12.0 Å². The van der Waals surface area contributed by atoms with E-state index in [1.54, 1.807) is 0 Å². The molecular formula is C12H15NO. The zero-order valence-corrected chi connectivity index (χ0v) is 8.49. The Hall–Kier alpha value is -1.31. The quantitative estimate of drug-likeness (QED) is 0.666. The van der Waals surface area contributed by atoms with Crippen LogP contribution in [0.2, 0.25) is 0 Å². The van der Waals surface area contributed by atoms with Crippen LogP contribution in [-0.2, 0) is 0 Å². The molecule has 0 unspecified atom stereocenters. The minimum Gasteiger partial charge on any atom is -0.371 e. The van der Waals surface area contributed by atoms with Crippen LogP contribution in [0.5, 0.6) is 0 Å². The van der Waals surface area contributed by atoms with Crippen molar-refractivity contribution in [2.24, 2.45) is 0 Å². The second-order valence-corrected chi connectivity index (χ2v) is 3.87. The average Bonchev–Trinajstić information content (AvgIpc) is 2.70. The number of nitrogens with zero attached hydrogens (tertiary/aromatic N) is 1. The Morgan fingerprint density at radius 3 is 2.64 bits per heavy atom. The largest absolute Gasteiger partial charge is 0.371 e. The molecule has 0 radical (unpaired) electrons. The highest BCUT2D eigenvalue weighted by molar-refractivity contribution is 5.85. The fourth-order valence-corrected chi connectivity index (χ4v) is 2.01. The minimum atomic E-state index is 0.826. The van der Waals surface area contributed by atoms with Gasteiger partial charge in [-0.15, -0.1) is 0 Å². The van der Waals surface area contributed by atoms with Gasteiger partial charge in [-0.1, -0.05) is 11.6 Å². The molecule has 1 aliphatic rings. The van der Waals surface area contributed by atoms with Gasteiger partial charge in [-0.25, -0.2) is 0 Å². The lowest BCUT2D eigenvalue weighted by atomic mass is 10.1. The van der Waals surface area contributed by atoms with Crippen LogP contribution in [0.15, 0.2) is 18.2 Å². The van der Waals surface area contributed by atoms with Crippen LogP contribution < -0.4 is 4.90 Å². The van der Waals surface area contributed by atoms with E-state index in [0.717, 1.165) is 36.2 Å². The monoisotopic (exact) mass is 189 g/mol. The Morgan fingerprint density at radius 2 is 2.00 bits per heavy atom. The highest BCUT2D eigenvalue weighted by Crippen LogP contribution is 2.24. The molecular weight excluding hydrogens is 174 g/mol. The zero-order valence-electron chi connectivity index (χ0n) is 8.49. The van der Waals surface area contributed by atoms with Crippen molar-refractivity contribution in [1.29, 1.82) is 0 Å². The first-order valence-corrected chi connectivity index (χ1v) is 5.12. The van der Waals surface area contributed by atoms with E-state index in [1.807, 2.05) is 13.0 Å². The van der Waals surface area contributed by atoms with Gasteiger partial charge in [0.25, 0.3) is 0 Å². The van der Waals surface area contributed by atoms with Crippen LogP contribution in [-0.4, -0.2) is 19.4 Å². The van der Waals surface area contributed by atoms with E-state index >= 15 is 0 Å². The van der Waals surface area contributed by atoms with E-state index in [-0.39, 0.29) is 0 Å². The summed E-state index contributed by atoms with van der Waals surface area (Å²) >= 11 is 0. The summed E-state index contributed by atoms with van der Waals surface area (Å²) in [5.41, 5.74) is 3.07. The SMILES string of the molecule is Cc1ccc(N2CCCC2)c(C=O)c1. The van der Waals surface area contributed by atoms with E-state index in [9.17, 15) is 4.79 Å². The Balaban J connectivity index is 2.35. The lowest BCUT2D eigenvalue weighted by Crippen LogP contribution is -2.19. The van der Waals surface area contributed by atoms with Crippen molar-refractivity contribution in [3.63, 3.8) is 0 Å². The van der Waals surface area contributed by atoms with Gasteiger partial charge in [-0.2, -0.15) is 0 Å². The molecule has 1 aliphatic heterocycles. The van der Waals surface area contributed by atoms with Crippen LogP contribution in [0, 0.1) is 6.92 Å². The van der Waals surface area contributed by atoms with Crippen LogP contribution in [0.3, 0.4) is 0 Å². The van der Waals surface area contributed by atoms with Crippen molar-refractivity contribution in [3.05, 3.63) is 29.3 Å². The van der Waals surface area contributed by atoms with E-state index in [0.29, 0.717) is 0 Å². The smallest absolute Gasteiger partial charge is 0.152 e. The second-order valence-electron chi connectivity index (χ2n) is 3.87. The molecule has 0 atom stereocenters. The van der Waals surface area contributed by atoms with Gasteiger partial charge >= 0.3 is 0 Å². The summed E-state index contributed by atoms with van der Waals surface area (Å²) in [5.74, 6) is 0. The van der Waals surface area contributed by atoms with Crippen LogP contribution in [0.1, 0.15) is 28.8 Å². The first-order valence-electron chi connectivity index (χ1n) is 5.12. The van der Waals surface area contributed by atoms with Crippen molar-refractivity contribution in [2.75, 3.05) is 18.0 Å². The number of benzene rings is 1. The van der Waals surface area contributed by atoms with Gasteiger partial charge in [0.1, 0.15) is 0 Å². The highest BCUT2D eigenvalue weighted by Gasteiger charge is 2.14. The van der Waals surface area contributed by atoms with Crippen LogP contribution in [0.25, 0.3) is 0 Å². The molecule has 0 spiro atoms. The Kier molecular flexibility index (Phi) is 2.53. The highest BCUT2D eigenvalue weighted by atomic mass is 16.1. The summed E-state index contributed by atoms with van der Waals surface area (Å²) in [6, 6.07) is 6.09. The molecule has 0 aromatic heterocycles. The van der Waals surface area contributed by atoms with Crippen molar-refractivity contribution in [2.45, 2.75) is 19.8 Å². The summed E-state index contributed by atoms with van der Waals surface area (Å²) in [4.78, 5) is 13.2. The van der Waals surface area contributed by atoms with E-state index in [4.69, 9.17) is 0 Å². The molecule has 0 saturated carbocycles. The van der Waals surface area contributed by atoms with Gasteiger partial charge in [-0.05, 0) is 31.9 Å². The summed E-state index contributed by atoms with van der Waals surface area (Å²) in [5, 5.41) is 0. The zero-order chi connectivity index (χ0) is 9.97. The Bertz CT molecular complexity index is 340. The molecule has 1 aromatic carbocycles. The Morgan fingerprint density at radius 1 is 1.29 bits per heavy atom. The molecule has 74 valence electrons. The number of carbonyl (C=O) groups excluding carboxylic acids is 1. The number of carbonyl (C=O) groups is 1. The maximum Gasteiger partial charge on any atom is 0.152 e. The van der Waals surface area contributed by atoms with E-state index in [1.165, 1.54) is 12.8 Å². The van der Waals surface area contributed by atoms with Gasteiger partial charge in [0.15, 0.2) is 6.29 Å². The van der Waals surface area contributed by atoms with Crippen molar-refractivity contribution in [1.82, 2.24) is 0 Å². The van der Waals surface area contributed by atoms with E-state index in [2.05, 4.69) is 17.0 Å². The lowest BCUT2D eigenvalue weighted by Gasteiger charge is -2.19. The molecule has 1 aromatic rings. The van der Waals surface area contributed by atoms with Gasteiger partial charge in [-0.3, -0.25) is 4.79 Å². The van der Waals surface area contributed by atoms with E-state index < -0.39 is 0 Å². The van der Waals surface area contributed by atoms with Gasteiger partial charge in [0.2, 0.25) is 0 Å². The fourth-order valence-electron chi connectivity index (χ4n) is 2.01. The fraction of sp³-hybridized carbons (Fsp3) is 0.417. The number of aldehydes is 1. The number of anilines is 1. The van der Waals surface area contributed by atoms with Gasteiger partial charge < -0.3 is 4.90 Å². The second kappa shape index (κ2) is 3.82. The van der Waals surface area contributed by atoms with Crippen molar-refractivity contribution in [3.8, 4) is 0 Å². The molecule has 0 amide bonds. The minimum absolute atomic E-state index is 0.826. The molecule has 14 heavy (non-hydrogen) atoms. The maximum absolute atomic E-state index is 10.9. The molecule has 1 fully saturated rings. The predicted octanol–water partition coefficient (Wildman–Crippen LogP) is 2.41. The standard InChI is InChI=1S/C12H15NO/c1-10-4-5-12(11(8-10)9-14)13-6-2-3-7-13/h4-5,8-9H,2-3,6-7H2,1H3. The molecule has 2 heteroatoms. The topological polar surface area (TPSA) is 20.3 Å². The number of hydrogen-bond donors (Lipinski definition) is 0. The third kappa shape index (κ3) is 1.65. The Labute approximate surface area is 84.5 Å². The third-order valence-corrected chi connectivity index (χ3v) is 2.76. The number of rotatable bonds is 2. The first kappa shape index (κ1) is 9.25. The number of hydrogen-bond acceptors (Lipinski definition) is 2. The summed E-state index contributed by atoms with van der Waals surface area (Å²) < 4.78 is 0. The molecule has 0 bridgehead atoms. The lowest BCUT2D eigenvalue weighted by molar-refractivity contribution is 0.112. The normalized spacial score (nSPS) is 15.9. The van der Waals surface area contributed by atoms with Crippen LogP contribution in [0.4, 0.5) is 5.69 Å². The molecule has 1 heterocycles. The molecule has 2 rings (SSSR count). The molecule has 0 N–H and O–H groups in total. The summed E-state index contributed by atoms with van der Waals surface area (Å²) in [7, 11) is 0. The van der Waals surface area contributed by atoms with Gasteiger partial charge in [0.05, 0.1) is 0 Å². The van der Waals surface area contributed by atoms with Crippen LogP contribution >= 0.6 is 0 Å². The summed E-state index contributed by atoms with van der Waals surface area (Å²) in [6.45, 7) is 4.19. The van der Waals surface area contributed by atoms with Gasteiger partial charge in [0, 0.05) is 24.3 Å². The molecule has 0 aliphatic carbocycles. The molecule has 2 nitrogen and oxygen atoms in total. The predicted molar refractivity (Wildman–Crippen MR) is 58.0 cm³/mol.